The van der Waals surface area contributed by atoms with Crippen LogP contribution in [0.2, 0.25) is 0 Å². The molecule has 0 fully saturated rings. The first-order valence-corrected chi connectivity index (χ1v) is 5.35. The van der Waals surface area contributed by atoms with E-state index in [0.717, 1.165) is 0 Å². The second kappa shape index (κ2) is 10.6. The number of cyclic esters (lactones) is 1. The number of esters is 1. The molecule has 2 atom stereocenters. The van der Waals surface area contributed by atoms with E-state index in [-0.39, 0.29) is 88.7 Å². The van der Waals surface area contributed by atoms with Gasteiger partial charge in [-0.15, -0.1) is 0 Å². The monoisotopic (exact) mass is 322 g/mol. The minimum absolute atomic E-state index is 0. The van der Waals surface area contributed by atoms with Gasteiger partial charge in [-0.2, -0.15) is 0 Å². The Morgan fingerprint density at radius 2 is 1.84 bits per heavy atom. The molecule has 1 aliphatic rings. The number of aliphatic hydroxyl groups excluding tert-OH is 2. The van der Waals surface area contributed by atoms with Crippen molar-refractivity contribution in [3.05, 3.63) is 11.5 Å². The molecule has 0 saturated carbocycles. The zero-order chi connectivity index (χ0) is 12.5. The topological polar surface area (TPSA) is 162 Å². The summed E-state index contributed by atoms with van der Waals surface area (Å²) in [4.78, 5) is 31.3. The Kier molecular flexibility index (Phi) is 14.4. The second-order valence-electron chi connectivity index (χ2n) is 2.81. The fourth-order valence-electron chi connectivity index (χ4n) is 0.995. The zero-order valence-corrected chi connectivity index (χ0v) is 17.5. The van der Waals surface area contributed by atoms with Gasteiger partial charge in [-0.3, -0.25) is 0 Å². The first-order valence-electron chi connectivity index (χ1n) is 3.89. The molecular formula is C6H6Na3O9P. The Morgan fingerprint density at radius 3 is 2.21 bits per heavy atom. The van der Waals surface area contributed by atoms with Crippen LogP contribution in [-0.2, 0) is 18.6 Å². The quantitative estimate of drug-likeness (QED) is 0.290. The molecule has 1 rings (SSSR count). The molecule has 0 spiro atoms. The maximum absolute atomic E-state index is 11.2. The molecule has 92 valence electrons. The molecule has 1 aliphatic heterocycles. The molecule has 9 nitrogen and oxygen atoms in total. The van der Waals surface area contributed by atoms with E-state index in [4.69, 9.17) is 10.2 Å². The molecule has 0 unspecified atom stereocenters. The van der Waals surface area contributed by atoms with Gasteiger partial charge < -0.3 is 38.9 Å². The third-order valence-corrected chi connectivity index (χ3v) is 2.05. The second-order valence-corrected chi connectivity index (χ2v) is 3.88. The van der Waals surface area contributed by atoms with Crippen molar-refractivity contribution in [3.8, 4) is 0 Å². The van der Waals surface area contributed by atoms with Gasteiger partial charge in [-0.1, -0.05) is 0 Å². The third kappa shape index (κ3) is 7.62. The first-order chi connectivity index (χ1) is 7.26. The van der Waals surface area contributed by atoms with Crippen LogP contribution < -0.4 is 104 Å². The molecule has 0 aromatic rings. The summed E-state index contributed by atoms with van der Waals surface area (Å²) < 4.78 is 18.0. The Balaban J connectivity index is -0.000000853. The third-order valence-electron chi connectivity index (χ3n) is 1.64. The number of carbonyl (C=O) groups excluding carboxylic acids is 1. The van der Waals surface area contributed by atoms with Gasteiger partial charge in [-0.25, -0.2) is 4.79 Å². The smallest absolute Gasteiger partial charge is 0.870 e. The van der Waals surface area contributed by atoms with Gasteiger partial charge >= 0.3 is 94.6 Å². The fraction of sp³-hybridized carbons (Fsp3) is 0.500. The number of hydrogen-bond acceptors (Lipinski definition) is 9. The summed E-state index contributed by atoms with van der Waals surface area (Å²) in [6.07, 6.45) is -3.48. The van der Waals surface area contributed by atoms with E-state index >= 15 is 0 Å². The van der Waals surface area contributed by atoms with Crippen LogP contribution in [0.1, 0.15) is 0 Å². The van der Waals surface area contributed by atoms with Crippen molar-refractivity contribution in [2.24, 2.45) is 0 Å². The van der Waals surface area contributed by atoms with Crippen LogP contribution in [0.15, 0.2) is 11.5 Å². The van der Waals surface area contributed by atoms with E-state index < -0.39 is 44.1 Å². The average Bonchev–Trinajstić information content (AvgIpc) is 2.42. The van der Waals surface area contributed by atoms with Crippen molar-refractivity contribution in [2.45, 2.75) is 12.2 Å². The molecular weight excluding hydrogens is 316 g/mol. The molecule has 2 N–H and O–H groups in total. The predicted octanol–water partition coefficient (Wildman–Crippen LogP) is -13.3. The van der Waals surface area contributed by atoms with E-state index in [2.05, 4.69) is 9.26 Å². The van der Waals surface area contributed by atoms with E-state index in [1.165, 1.54) is 0 Å². The van der Waals surface area contributed by atoms with E-state index in [9.17, 15) is 24.3 Å². The SMILES string of the molecule is O=C1O[C@H]([C@@H](O)CO)C([O-])=C1OP(=O)([O-])[O-].[Na+].[Na+].[Na+]. The fourth-order valence-corrected chi connectivity index (χ4v) is 1.38. The average molecular weight is 322 g/mol. The molecule has 0 saturated heterocycles. The number of phosphoric ester groups is 1. The van der Waals surface area contributed by atoms with Crippen molar-refractivity contribution in [1.29, 1.82) is 0 Å². The number of carbonyl (C=O) groups is 1. The summed E-state index contributed by atoms with van der Waals surface area (Å²) in [5.41, 5.74) is 0. The maximum Gasteiger partial charge on any atom is 1.00 e. The standard InChI is InChI=1S/C6H9O9P.3Na/c7-1-2(8)4-3(9)5(6(10)14-4)15-16(11,12)13;;;/h2,4,7-9H,1H2,(H2,11,12,13);;;/q;3*+1/p-3/t2-,4+;;;/m0.../s1. The van der Waals surface area contributed by atoms with E-state index in [0.29, 0.717) is 0 Å². The minimum Gasteiger partial charge on any atom is -0.870 e. The molecule has 0 aromatic heterocycles. The molecule has 0 aliphatic carbocycles. The van der Waals surface area contributed by atoms with Crippen molar-refractivity contribution in [1.82, 2.24) is 0 Å². The summed E-state index contributed by atoms with van der Waals surface area (Å²) in [5.74, 6) is -4.10. The van der Waals surface area contributed by atoms with Gasteiger partial charge in [-0.05, 0) is 5.76 Å². The number of phosphoric acid groups is 1. The van der Waals surface area contributed by atoms with Gasteiger partial charge in [0.25, 0.3) is 0 Å². The molecule has 13 heteroatoms. The van der Waals surface area contributed by atoms with Crippen LogP contribution in [0.25, 0.3) is 0 Å². The number of rotatable bonds is 4. The predicted molar refractivity (Wildman–Crippen MR) is 38.7 cm³/mol. The van der Waals surface area contributed by atoms with Gasteiger partial charge in [0.15, 0.2) is 0 Å². The van der Waals surface area contributed by atoms with Crippen LogP contribution in [0.5, 0.6) is 0 Å². The van der Waals surface area contributed by atoms with Crippen LogP contribution in [0, 0.1) is 0 Å². The molecule has 19 heavy (non-hydrogen) atoms. The molecule has 0 bridgehead atoms. The largest absolute Gasteiger partial charge is 1.00 e. The van der Waals surface area contributed by atoms with E-state index in [1.54, 1.807) is 0 Å². The number of ether oxygens (including phenoxy) is 1. The van der Waals surface area contributed by atoms with Crippen LogP contribution >= 0.6 is 7.82 Å². The van der Waals surface area contributed by atoms with Crippen LogP contribution in [-0.4, -0.2) is 35.0 Å². The summed E-state index contributed by atoms with van der Waals surface area (Å²) in [6.45, 7) is -0.886. The first kappa shape index (κ1) is 25.8. The molecule has 0 radical (unpaired) electrons. The minimum atomic E-state index is -5.56. The van der Waals surface area contributed by atoms with Gasteiger partial charge in [0.05, 0.1) is 6.61 Å². The Hall–Kier alpha value is 1.88. The normalized spacial score (nSPS) is 19.6. The van der Waals surface area contributed by atoms with Crippen LogP contribution in [0.3, 0.4) is 0 Å². The summed E-state index contributed by atoms with van der Waals surface area (Å²) in [6, 6.07) is 0. The Bertz CT molecular complexity index is 380. The van der Waals surface area contributed by atoms with Crippen molar-refractivity contribution < 1.29 is 132 Å². The Labute approximate surface area is 174 Å². The van der Waals surface area contributed by atoms with E-state index in [1.807, 2.05) is 0 Å². The van der Waals surface area contributed by atoms with Gasteiger partial charge in [0.1, 0.15) is 20.0 Å². The maximum atomic E-state index is 11.2. The Morgan fingerprint density at radius 1 is 1.37 bits per heavy atom. The molecule has 1 heterocycles. The van der Waals surface area contributed by atoms with Crippen molar-refractivity contribution in [3.63, 3.8) is 0 Å². The summed E-state index contributed by atoms with van der Waals surface area (Å²) >= 11 is 0. The summed E-state index contributed by atoms with van der Waals surface area (Å²) in [7, 11) is -5.56. The summed E-state index contributed by atoms with van der Waals surface area (Å²) in [5, 5.41) is 28.7. The molecule has 0 aromatic carbocycles. The van der Waals surface area contributed by atoms with Gasteiger partial charge in [0, 0.05) is 0 Å². The van der Waals surface area contributed by atoms with Gasteiger partial charge in [0.2, 0.25) is 5.76 Å². The van der Waals surface area contributed by atoms with Crippen molar-refractivity contribution in [2.75, 3.05) is 6.61 Å². The van der Waals surface area contributed by atoms with Crippen LogP contribution in [0.4, 0.5) is 0 Å². The van der Waals surface area contributed by atoms with Crippen molar-refractivity contribution >= 4 is 13.8 Å². The molecule has 0 amide bonds. The number of hydrogen-bond donors (Lipinski definition) is 2. The zero-order valence-electron chi connectivity index (χ0n) is 10.6. The number of aliphatic hydroxyl groups is 2.